The molecule has 3 heterocycles. The number of carbonyl (C=O) groups is 1. The quantitative estimate of drug-likeness (QED) is 0.384. The number of aromatic nitrogens is 2. The first-order chi connectivity index (χ1) is 16.5. The second-order valence-corrected chi connectivity index (χ2v) is 8.19. The van der Waals surface area contributed by atoms with Gasteiger partial charge in [0.1, 0.15) is 11.5 Å². The lowest BCUT2D eigenvalue weighted by Crippen LogP contribution is -2.45. The molecule has 1 atom stereocenters. The second kappa shape index (κ2) is 9.07. The third-order valence-corrected chi connectivity index (χ3v) is 5.91. The van der Waals surface area contributed by atoms with E-state index in [-0.39, 0.29) is 12.6 Å². The van der Waals surface area contributed by atoms with Crippen molar-refractivity contribution in [1.82, 2.24) is 20.4 Å². The Labute approximate surface area is 200 Å². The summed E-state index contributed by atoms with van der Waals surface area (Å²) < 4.78 is 16.4. The van der Waals surface area contributed by atoms with Crippen LogP contribution in [0.5, 0.6) is 5.75 Å². The first-order valence-corrected chi connectivity index (χ1v) is 11.0. The molecule has 2 amide bonds. The van der Waals surface area contributed by atoms with Crippen LogP contribution in [-0.4, -0.2) is 28.2 Å². The molecule has 0 saturated carbocycles. The highest BCUT2D eigenvalue weighted by Gasteiger charge is 2.36. The summed E-state index contributed by atoms with van der Waals surface area (Å²) in [5.74, 6) is 2.08. The van der Waals surface area contributed by atoms with Crippen LogP contribution < -0.4 is 10.1 Å². The maximum Gasteiger partial charge on any atom is 0.322 e. The fourth-order valence-corrected chi connectivity index (χ4v) is 4.12. The molecule has 1 aliphatic rings. The van der Waals surface area contributed by atoms with Crippen LogP contribution in [0.1, 0.15) is 30.2 Å². The average molecular weight is 477 g/mol. The molecule has 5 rings (SSSR count). The number of rotatable bonds is 6. The molecular weight excluding hydrogens is 456 g/mol. The smallest absolute Gasteiger partial charge is 0.322 e. The summed E-state index contributed by atoms with van der Waals surface area (Å²) in [5.41, 5.74) is 2.96. The van der Waals surface area contributed by atoms with Crippen molar-refractivity contribution in [2.45, 2.75) is 19.5 Å². The number of allylic oxidation sites excluding steroid dienone is 1. The molecule has 0 aliphatic carbocycles. The molecule has 0 bridgehead atoms. The zero-order valence-corrected chi connectivity index (χ0v) is 19.2. The molecule has 1 unspecified atom stereocenters. The maximum absolute atomic E-state index is 13.1. The summed E-state index contributed by atoms with van der Waals surface area (Å²) >= 11 is 6.14. The van der Waals surface area contributed by atoms with Crippen molar-refractivity contribution in [3.8, 4) is 17.1 Å². The first-order valence-electron chi connectivity index (χ1n) is 10.6. The van der Waals surface area contributed by atoms with Crippen LogP contribution in [0.3, 0.4) is 0 Å². The summed E-state index contributed by atoms with van der Waals surface area (Å²) in [6, 6.07) is 17.5. The number of halogens is 1. The number of urea groups is 1. The number of methoxy groups -OCH3 is 1. The standard InChI is InChI=1S/C25H21ClN4O4/c1-15-21(24-28-23(29-34-24)17-5-3-6-18(26)13-17)22(16-8-10-19(32-2)11-9-16)27-25(31)30(15)14-20-7-4-12-33-20/h3-13,22H,14H2,1-2H3,(H,27,31). The van der Waals surface area contributed by atoms with E-state index in [1.54, 1.807) is 36.5 Å². The molecule has 9 heteroatoms. The van der Waals surface area contributed by atoms with Gasteiger partial charge in [0.2, 0.25) is 5.82 Å². The molecule has 0 spiro atoms. The van der Waals surface area contributed by atoms with E-state index in [2.05, 4.69) is 15.5 Å². The Morgan fingerprint density at radius 3 is 2.68 bits per heavy atom. The molecule has 0 radical (unpaired) electrons. The van der Waals surface area contributed by atoms with E-state index in [0.29, 0.717) is 39.5 Å². The van der Waals surface area contributed by atoms with Gasteiger partial charge in [-0.25, -0.2) is 4.79 Å². The van der Waals surface area contributed by atoms with E-state index in [4.69, 9.17) is 25.3 Å². The summed E-state index contributed by atoms with van der Waals surface area (Å²) in [5, 5.41) is 7.81. The molecule has 4 aromatic rings. The van der Waals surface area contributed by atoms with Gasteiger partial charge in [-0.1, -0.05) is 41.0 Å². The summed E-state index contributed by atoms with van der Waals surface area (Å²) in [4.78, 5) is 19.3. The molecule has 0 fully saturated rings. The number of ether oxygens (including phenoxy) is 1. The van der Waals surface area contributed by atoms with Gasteiger partial charge in [0, 0.05) is 16.3 Å². The average Bonchev–Trinajstić information content (AvgIpc) is 3.54. The monoisotopic (exact) mass is 476 g/mol. The predicted molar refractivity (Wildman–Crippen MR) is 126 cm³/mol. The molecule has 8 nitrogen and oxygen atoms in total. The van der Waals surface area contributed by atoms with Crippen LogP contribution in [0, 0.1) is 0 Å². The van der Waals surface area contributed by atoms with Gasteiger partial charge in [0.25, 0.3) is 5.89 Å². The summed E-state index contributed by atoms with van der Waals surface area (Å²) in [6.45, 7) is 2.12. The Morgan fingerprint density at radius 2 is 1.97 bits per heavy atom. The molecule has 2 aromatic carbocycles. The zero-order chi connectivity index (χ0) is 23.7. The van der Waals surface area contributed by atoms with Gasteiger partial charge in [-0.05, 0) is 48.9 Å². The predicted octanol–water partition coefficient (Wildman–Crippen LogP) is 5.69. The first kappa shape index (κ1) is 21.8. The van der Waals surface area contributed by atoms with Gasteiger partial charge in [-0.15, -0.1) is 0 Å². The second-order valence-electron chi connectivity index (χ2n) is 7.75. The Morgan fingerprint density at radius 1 is 1.15 bits per heavy atom. The molecule has 1 N–H and O–H groups in total. The van der Waals surface area contributed by atoms with Crippen molar-refractivity contribution in [1.29, 1.82) is 0 Å². The van der Waals surface area contributed by atoms with E-state index in [1.807, 2.05) is 49.4 Å². The third kappa shape index (κ3) is 4.15. The van der Waals surface area contributed by atoms with Crippen molar-refractivity contribution >= 4 is 23.2 Å². The Bertz CT molecular complexity index is 1350. The fourth-order valence-electron chi connectivity index (χ4n) is 3.93. The van der Waals surface area contributed by atoms with Crippen LogP contribution in [0.4, 0.5) is 4.79 Å². The number of amides is 2. The van der Waals surface area contributed by atoms with Crippen LogP contribution in [-0.2, 0) is 6.54 Å². The molecule has 34 heavy (non-hydrogen) atoms. The molecule has 0 saturated heterocycles. The van der Waals surface area contributed by atoms with Crippen molar-refractivity contribution in [2.24, 2.45) is 0 Å². The maximum atomic E-state index is 13.1. The normalized spacial score (nSPS) is 16.0. The van der Waals surface area contributed by atoms with E-state index >= 15 is 0 Å². The highest BCUT2D eigenvalue weighted by Crippen LogP contribution is 2.38. The number of furan rings is 1. The van der Waals surface area contributed by atoms with Gasteiger partial charge in [0.15, 0.2) is 0 Å². The number of benzene rings is 2. The van der Waals surface area contributed by atoms with Crippen molar-refractivity contribution in [3.05, 3.63) is 94.9 Å². The molecular formula is C25H21ClN4O4. The van der Waals surface area contributed by atoms with Gasteiger partial charge in [-0.2, -0.15) is 4.98 Å². The number of nitrogens with zero attached hydrogens (tertiary/aromatic N) is 3. The minimum atomic E-state index is -0.501. The Kier molecular flexibility index (Phi) is 5.81. The fraction of sp³-hybridized carbons (Fsp3) is 0.160. The van der Waals surface area contributed by atoms with Gasteiger partial charge < -0.3 is 19.0 Å². The van der Waals surface area contributed by atoms with E-state index in [0.717, 1.165) is 11.1 Å². The van der Waals surface area contributed by atoms with E-state index in [9.17, 15) is 4.79 Å². The SMILES string of the molecule is COc1ccc(C2NC(=O)N(Cc3ccco3)C(C)=C2c2nc(-c3cccc(Cl)c3)no2)cc1. The Hall–Kier alpha value is -4.04. The topological polar surface area (TPSA) is 93.6 Å². The van der Waals surface area contributed by atoms with Gasteiger partial charge >= 0.3 is 6.03 Å². The van der Waals surface area contributed by atoms with Crippen LogP contribution in [0.2, 0.25) is 5.02 Å². The number of hydrogen-bond donors (Lipinski definition) is 1. The van der Waals surface area contributed by atoms with E-state index < -0.39 is 6.04 Å². The molecule has 1 aliphatic heterocycles. The lowest BCUT2D eigenvalue weighted by Gasteiger charge is -2.34. The summed E-state index contributed by atoms with van der Waals surface area (Å²) in [6.07, 6.45) is 1.58. The minimum Gasteiger partial charge on any atom is -0.497 e. The molecule has 2 aromatic heterocycles. The number of nitrogens with one attached hydrogen (secondary N) is 1. The number of hydrogen-bond acceptors (Lipinski definition) is 6. The van der Waals surface area contributed by atoms with Gasteiger partial charge in [0.05, 0.1) is 31.5 Å². The highest BCUT2D eigenvalue weighted by molar-refractivity contribution is 6.30. The Balaban J connectivity index is 1.59. The third-order valence-electron chi connectivity index (χ3n) is 5.68. The van der Waals surface area contributed by atoms with Crippen LogP contribution in [0.25, 0.3) is 17.0 Å². The molecule has 172 valence electrons. The lowest BCUT2D eigenvalue weighted by molar-refractivity contribution is 0.199. The number of carbonyl (C=O) groups excluding carboxylic acids is 1. The highest BCUT2D eigenvalue weighted by atomic mass is 35.5. The summed E-state index contributed by atoms with van der Waals surface area (Å²) in [7, 11) is 1.61. The van der Waals surface area contributed by atoms with Gasteiger partial charge in [-0.3, -0.25) is 4.90 Å². The van der Waals surface area contributed by atoms with E-state index in [1.165, 1.54) is 0 Å². The lowest BCUT2D eigenvalue weighted by atomic mass is 9.94. The van der Waals surface area contributed by atoms with Crippen molar-refractivity contribution in [3.63, 3.8) is 0 Å². The zero-order valence-electron chi connectivity index (χ0n) is 18.5. The minimum absolute atomic E-state index is 0.256. The van der Waals surface area contributed by atoms with Crippen molar-refractivity contribution < 1.29 is 18.5 Å². The van der Waals surface area contributed by atoms with Crippen molar-refractivity contribution in [2.75, 3.05) is 7.11 Å². The van der Waals surface area contributed by atoms with Crippen LogP contribution >= 0.6 is 11.6 Å². The largest absolute Gasteiger partial charge is 0.497 e. The van der Waals surface area contributed by atoms with Crippen LogP contribution in [0.15, 0.2) is 81.6 Å².